The van der Waals surface area contributed by atoms with Crippen LogP contribution in [0.4, 0.5) is 0 Å². The molecule has 5 rings (SSSR count). The van der Waals surface area contributed by atoms with Crippen LogP contribution in [0, 0.1) is 0 Å². The van der Waals surface area contributed by atoms with Crippen LogP contribution in [-0.4, -0.2) is 20.7 Å². The number of pyridine rings is 1. The molecule has 5 nitrogen and oxygen atoms in total. The fraction of sp³-hybridized carbons (Fsp3) is 0.250. The Balaban J connectivity index is 1.50. The average molecular weight is 438 g/mol. The first-order chi connectivity index (χ1) is 16.3. The molecule has 1 atom stereocenters. The van der Waals surface area contributed by atoms with E-state index in [-0.39, 0.29) is 11.9 Å². The van der Waals surface area contributed by atoms with Gasteiger partial charge in [0.15, 0.2) is 5.78 Å². The summed E-state index contributed by atoms with van der Waals surface area (Å²) in [5, 5.41) is 0. The van der Waals surface area contributed by atoms with Crippen LogP contribution in [0.15, 0.2) is 79.4 Å². The van der Waals surface area contributed by atoms with E-state index in [4.69, 9.17) is 4.74 Å². The molecule has 1 unspecified atom stereocenters. The Kier molecular flexibility index (Phi) is 6.29. The molecule has 2 heterocycles. The second-order valence-corrected chi connectivity index (χ2v) is 8.46. The topological polar surface area (TPSA) is 67.9 Å². The lowest BCUT2D eigenvalue weighted by Gasteiger charge is -2.25. The Morgan fingerprint density at radius 2 is 1.88 bits per heavy atom. The minimum absolute atomic E-state index is 0.238. The van der Waals surface area contributed by atoms with E-state index in [1.54, 1.807) is 12.4 Å². The fourth-order valence-electron chi connectivity index (χ4n) is 4.61. The molecule has 2 aromatic carbocycles. The number of rotatable bonds is 8. The van der Waals surface area contributed by atoms with Gasteiger partial charge in [-0.3, -0.25) is 9.78 Å². The number of imidazole rings is 1. The quantitative estimate of drug-likeness (QED) is 0.397. The Morgan fingerprint density at radius 3 is 2.67 bits per heavy atom. The van der Waals surface area contributed by atoms with Crippen LogP contribution in [0.3, 0.4) is 0 Å². The summed E-state index contributed by atoms with van der Waals surface area (Å²) in [4.78, 5) is 24.5. The van der Waals surface area contributed by atoms with Crippen molar-refractivity contribution in [3.05, 3.63) is 113 Å². The van der Waals surface area contributed by atoms with Crippen LogP contribution in [0.2, 0.25) is 0 Å². The van der Waals surface area contributed by atoms with Crippen molar-refractivity contribution in [3.63, 3.8) is 0 Å². The number of carbonyl (C=O) groups is 1. The highest BCUT2D eigenvalue weighted by atomic mass is 16.5. The van der Waals surface area contributed by atoms with E-state index in [1.165, 1.54) is 5.56 Å². The minimum Gasteiger partial charge on any atom is -0.485 e. The largest absolute Gasteiger partial charge is 0.485 e. The molecule has 1 aliphatic carbocycles. The van der Waals surface area contributed by atoms with Gasteiger partial charge < -0.3 is 9.72 Å². The van der Waals surface area contributed by atoms with Gasteiger partial charge in [0.2, 0.25) is 0 Å². The highest BCUT2D eigenvalue weighted by Crippen LogP contribution is 2.35. The predicted octanol–water partition coefficient (Wildman–Crippen LogP) is 5.47. The molecular weight excluding hydrogens is 410 g/mol. The van der Waals surface area contributed by atoms with Gasteiger partial charge in [0.25, 0.3) is 0 Å². The first kappa shape index (κ1) is 21.1. The number of aryl methyl sites for hydroxylation is 1. The van der Waals surface area contributed by atoms with Gasteiger partial charge in [0.05, 0.1) is 0 Å². The first-order valence-corrected chi connectivity index (χ1v) is 11.5. The van der Waals surface area contributed by atoms with Crippen LogP contribution < -0.4 is 4.74 Å². The summed E-state index contributed by atoms with van der Waals surface area (Å²) in [6.07, 6.45) is 11.7. The maximum absolute atomic E-state index is 12.6. The number of hydrogen-bond donors (Lipinski definition) is 1. The van der Waals surface area contributed by atoms with E-state index in [0.717, 1.165) is 59.5 Å². The molecule has 1 aliphatic rings. The molecule has 33 heavy (non-hydrogen) atoms. The number of carbonyl (C=O) groups excluding carboxylic acids is 1. The standard InChI is InChI=1S/C28H27N3O2/c32-25-10-4-9-22-23(25)13-14-26(24(22)12-11-20-6-2-1-3-7-20)33-27(18-28-30-16-17-31-28)21-8-5-15-29-19-21/h1-3,5-8,13-17,19,27H,4,9-12,18H2,(H,30,31). The van der Waals surface area contributed by atoms with Crippen molar-refractivity contribution in [2.45, 2.75) is 44.6 Å². The molecule has 4 aromatic rings. The van der Waals surface area contributed by atoms with Gasteiger partial charge >= 0.3 is 0 Å². The summed E-state index contributed by atoms with van der Waals surface area (Å²) in [5.41, 5.74) is 5.44. The third-order valence-electron chi connectivity index (χ3n) is 6.28. The van der Waals surface area contributed by atoms with Gasteiger partial charge in [-0.05, 0) is 60.6 Å². The minimum atomic E-state index is -0.238. The zero-order chi connectivity index (χ0) is 22.5. The summed E-state index contributed by atoms with van der Waals surface area (Å²) in [7, 11) is 0. The molecule has 0 radical (unpaired) electrons. The maximum Gasteiger partial charge on any atom is 0.163 e. The summed E-state index contributed by atoms with van der Waals surface area (Å²) >= 11 is 0. The van der Waals surface area contributed by atoms with Gasteiger partial charge in [0, 0.05) is 48.8 Å². The third-order valence-corrected chi connectivity index (χ3v) is 6.28. The lowest BCUT2D eigenvalue weighted by atomic mass is 9.85. The fourth-order valence-corrected chi connectivity index (χ4v) is 4.61. The Bertz CT molecular complexity index is 1200. The lowest BCUT2D eigenvalue weighted by Crippen LogP contribution is -2.17. The molecule has 0 aliphatic heterocycles. The van der Waals surface area contributed by atoms with Crippen LogP contribution in [0.5, 0.6) is 5.75 Å². The average Bonchev–Trinajstić information content (AvgIpc) is 3.37. The molecule has 0 spiro atoms. The maximum atomic E-state index is 12.6. The normalized spacial score (nSPS) is 14.0. The summed E-state index contributed by atoms with van der Waals surface area (Å²) in [6.45, 7) is 0. The molecule has 0 bridgehead atoms. The zero-order valence-corrected chi connectivity index (χ0v) is 18.5. The van der Waals surface area contributed by atoms with Crippen molar-refractivity contribution in [1.82, 2.24) is 15.0 Å². The number of Topliss-reactive ketones (excluding diaryl/α,β-unsaturated/α-hetero) is 1. The second kappa shape index (κ2) is 9.82. The van der Waals surface area contributed by atoms with Gasteiger partial charge in [-0.2, -0.15) is 0 Å². The SMILES string of the molecule is O=C1CCCc2c1ccc(OC(Cc1ncc[nH]1)c1cccnc1)c2CCc1ccccc1. The first-order valence-electron chi connectivity index (χ1n) is 11.5. The molecular formula is C28H27N3O2. The number of aromatic amines is 1. The van der Waals surface area contributed by atoms with Gasteiger partial charge in [-0.15, -0.1) is 0 Å². The van der Waals surface area contributed by atoms with Crippen LogP contribution in [0.1, 0.15) is 57.4 Å². The van der Waals surface area contributed by atoms with Gasteiger partial charge in [-0.1, -0.05) is 36.4 Å². The van der Waals surface area contributed by atoms with Crippen molar-refractivity contribution < 1.29 is 9.53 Å². The zero-order valence-electron chi connectivity index (χ0n) is 18.5. The van der Waals surface area contributed by atoms with E-state index in [1.807, 2.05) is 42.7 Å². The number of fused-ring (bicyclic) bond motifs is 1. The Hall–Kier alpha value is -3.73. The molecule has 5 heteroatoms. The van der Waals surface area contributed by atoms with Crippen molar-refractivity contribution in [2.24, 2.45) is 0 Å². The summed E-state index contributed by atoms with van der Waals surface area (Å²) < 4.78 is 6.68. The van der Waals surface area contributed by atoms with E-state index < -0.39 is 0 Å². The molecule has 0 amide bonds. The number of ketones is 1. The summed E-state index contributed by atoms with van der Waals surface area (Å²) in [6, 6.07) is 18.4. The van der Waals surface area contributed by atoms with E-state index in [0.29, 0.717) is 12.8 Å². The molecule has 2 aromatic heterocycles. The third kappa shape index (κ3) is 4.87. The summed E-state index contributed by atoms with van der Waals surface area (Å²) in [5.74, 6) is 1.95. The molecule has 0 saturated heterocycles. The Labute approximate surface area is 193 Å². The van der Waals surface area contributed by atoms with Crippen molar-refractivity contribution in [3.8, 4) is 5.75 Å². The number of ether oxygens (including phenoxy) is 1. The number of H-pyrrole nitrogens is 1. The highest BCUT2D eigenvalue weighted by Gasteiger charge is 2.24. The van der Waals surface area contributed by atoms with E-state index in [2.05, 4.69) is 39.2 Å². The van der Waals surface area contributed by atoms with Gasteiger partial charge in [0.1, 0.15) is 17.7 Å². The second-order valence-electron chi connectivity index (χ2n) is 8.46. The monoisotopic (exact) mass is 437 g/mol. The highest BCUT2D eigenvalue weighted by molar-refractivity contribution is 5.99. The van der Waals surface area contributed by atoms with Crippen molar-refractivity contribution >= 4 is 5.78 Å². The molecule has 166 valence electrons. The van der Waals surface area contributed by atoms with Gasteiger partial charge in [-0.25, -0.2) is 4.98 Å². The smallest absolute Gasteiger partial charge is 0.163 e. The lowest BCUT2D eigenvalue weighted by molar-refractivity contribution is 0.0972. The van der Waals surface area contributed by atoms with E-state index in [9.17, 15) is 4.79 Å². The number of hydrogen-bond acceptors (Lipinski definition) is 4. The number of aromatic nitrogens is 3. The number of benzene rings is 2. The van der Waals surface area contributed by atoms with E-state index >= 15 is 0 Å². The van der Waals surface area contributed by atoms with Crippen LogP contribution >= 0.6 is 0 Å². The number of nitrogens with zero attached hydrogens (tertiary/aromatic N) is 2. The van der Waals surface area contributed by atoms with Crippen molar-refractivity contribution in [1.29, 1.82) is 0 Å². The van der Waals surface area contributed by atoms with Crippen molar-refractivity contribution in [2.75, 3.05) is 0 Å². The van der Waals surface area contributed by atoms with Crippen LogP contribution in [-0.2, 0) is 25.7 Å². The van der Waals surface area contributed by atoms with Crippen LogP contribution in [0.25, 0.3) is 0 Å². The molecule has 1 N–H and O–H groups in total. The molecule has 0 fully saturated rings. The molecule has 0 saturated carbocycles. The number of nitrogens with one attached hydrogen (secondary N) is 1. The Morgan fingerprint density at radius 1 is 0.970 bits per heavy atom. The predicted molar refractivity (Wildman–Crippen MR) is 127 cm³/mol.